The molecule has 2 heterocycles. The Balaban J connectivity index is 1.78. The summed E-state index contributed by atoms with van der Waals surface area (Å²) in [5.41, 5.74) is 7.39. The van der Waals surface area contributed by atoms with E-state index < -0.39 is 0 Å². The smallest absolute Gasteiger partial charge is 0.408 e. The average Bonchev–Trinajstić information content (AvgIpc) is 2.90. The second kappa shape index (κ2) is 4.59. The third kappa shape index (κ3) is 2.07. The first kappa shape index (κ1) is 11.5. The zero-order valence-corrected chi connectivity index (χ0v) is 10.2. The number of benzene rings is 1. The SMILES string of the molecule is N[C@@H]1CCN(CCn2c(=O)oc3ccccc32)C1. The predicted octanol–water partition coefficient (Wildman–Crippen LogP) is 0.628. The third-order valence-corrected chi connectivity index (χ3v) is 3.52. The van der Waals surface area contributed by atoms with Crippen LogP contribution < -0.4 is 11.5 Å². The maximum Gasteiger partial charge on any atom is 0.419 e. The zero-order valence-electron chi connectivity index (χ0n) is 10.2. The minimum absolute atomic E-state index is 0.278. The van der Waals surface area contributed by atoms with Crippen LogP contribution in [0.2, 0.25) is 0 Å². The Morgan fingerprint density at radius 2 is 2.17 bits per heavy atom. The summed E-state index contributed by atoms with van der Waals surface area (Å²) >= 11 is 0. The van der Waals surface area contributed by atoms with E-state index in [0.29, 0.717) is 12.1 Å². The lowest BCUT2D eigenvalue weighted by atomic mass is 10.3. The lowest BCUT2D eigenvalue weighted by molar-refractivity contribution is 0.314. The summed E-state index contributed by atoms with van der Waals surface area (Å²) in [5.74, 6) is -0.278. The molecule has 1 fully saturated rings. The van der Waals surface area contributed by atoms with Crippen molar-refractivity contribution in [2.45, 2.75) is 19.0 Å². The first-order valence-electron chi connectivity index (χ1n) is 6.30. The number of nitrogens with zero attached hydrogens (tertiary/aromatic N) is 2. The highest BCUT2D eigenvalue weighted by Gasteiger charge is 2.19. The molecule has 1 aliphatic heterocycles. The summed E-state index contributed by atoms with van der Waals surface area (Å²) in [6.07, 6.45) is 1.04. The average molecular weight is 247 g/mol. The Morgan fingerprint density at radius 3 is 2.94 bits per heavy atom. The van der Waals surface area contributed by atoms with Crippen molar-refractivity contribution in [1.29, 1.82) is 0 Å². The molecule has 5 nitrogen and oxygen atoms in total. The van der Waals surface area contributed by atoms with E-state index in [-0.39, 0.29) is 11.8 Å². The van der Waals surface area contributed by atoms with E-state index >= 15 is 0 Å². The first-order chi connectivity index (χ1) is 8.74. The Morgan fingerprint density at radius 1 is 1.33 bits per heavy atom. The number of nitrogens with two attached hydrogens (primary N) is 1. The third-order valence-electron chi connectivity index (χ3n) is 3.52. The van der Waals surface area contributed by atoms with Gasteiger partial charge in [-0.05, 0) is 25.1 Å². The van der Waals surface area contributed by atoms with Gasteiger partial charge in [0.05, 0.1) is 5.52 Å². The molecule has 0 bridgehead atoms. The number of para-hydroxylation sites is 2. The second-order valence-electron chi connectivity index (χ2n) is 4.84. The van der Waals surface area contributed by atoms with Crippen molar-refractivity contribution >= 4 is 11.1 Å². The lowest BCUT2D eigenvalue weighted by Crippen LogP contribution is -2.30. The van der Waals surface area contributed by atoms with Crippen LogP contribution >= 0.6 is 0 Å². The van der Waals surface area contributed by atoms with Crippen LogP contribution in [0.4, 0.5) is 0 Å². The first-order valence-corrected chi connectivity index (χ1v) is 6.30. The maximum atomic E-state index is 11.8. The molecule has 18 heavy (non-hydrogen) atoms. The van der Waals surface area contributed by atoms with E-state index in [9.17, 15) is 4.79 Å². The number of oxazole rings is 1. The zero-order chi connectivity index (χ0) is 12.5. The molecule has 3 rings (SSSR count). The molecule has 0 spiro atoms. The number of aromatic nitrogens is 1. The number of hydrogen-bond acceptors (Lipinski definition) is 4. The Labute approximate surface area is 105 Å². The van der Waals surface area contributed by atoms with Crippen molar-refractivity contribution in [3.05, 3.63) is 34.8 Å². The monoisotopic (exact) mass is 247 g/mol. The van der Waals surface area contributed by atoms with E-state index in [1.807, 2.05) is 24.3 Å². The summed E-state index contributed by atoms with van der Waals surface area (Å²) in [7, 11) is 0. The molecule has 1 atom stereocenters. The molecule has 1 aromatic carbocycles. The fraction of sp³-hybridized carbons (Fsp3) is 0.462. The molecule has 0 unspecified atom stereocenters. The molecule has 1 aliphatic rings. The van der Waals surface area contributed by atoms with Gasteiger partial charge in [-0.25, -0.2) is 4.79 Å². The van der Waals surface area contributed by atoms with Gasteiger partial charge < -0.3 is 10.2 Å². The molecule has 0 amide bonds. The van der Waals surface area contributed by atoms with Crippen LogP contribution in [-0.4, -0.2) is 35.1 Å². The van der Waals surface area contributed by atoms with Crippen LogP contribution in [0.15, 0.2) is 33.5 Å². The van der Waals surface area contributed by atoms with Crippen molar-refractivity contribution in [1.82, 2.24) is 9.47 Å². The molecule has 96 valence electrons. The summed E-state index contributed by atoms with van der Waals surface area (Å²) in [6, 6.07) is 7.80. The summed E-state index contributed by atoms with van der Waals surface area (Å²) in [6.45, 7) is 3.44. The minimum atomic E-state index is -0.278. The Kier molecular flexibility index (Phi) is 2.93. The van der Waals surface area contributed by atoms with Crippen LogP contribution in [0.5, 0.6) is 0 Å². The van der Waals surface area contributed by atoms with Gasteiger partial charge in [-0.1, -0.05) is 12.1 Å². The Hall–Kier alpha value is -1.59. The quantitative estimate of drug-likeness (QED) is 0.864. The summed E-state index contributed by atoms with van der Waals surface area (Å²) in [4.78, 5) is 14.1. The van der Waals surface area contributed by atoms with Gasteiger partial charge in [0, 0.05) is 25.7 Å². The van der Waals surface area contributed by atoms with Gasteiger partial charge in [0.25, 0.3) is 0 Å². The number of likely N-dealkylation sites (tertiary alicyclic amines) is 1. The van der Waals surface area contributed by atoms with Crippen LogP contribution in [0.25, 0.3) is 11.1 Å². The van der Waals surface area contributed by atoms with E-state index in [2.05, 4.69) is 4.90 Å². The van der Waals surface area contributed by atoms with Gasteiger partial charge in [0.15, 0.2) is 5.58 Å². The maximum absolute atomic E-state index is 11.8. The highest BCUT2D eigenvalue weighted by atomic mass is 16.4. The lowest BCUT2D eigenvalue weighted by Gasteiger charge is -2.14. The van der Waals surface area contributed by atoms with Crippen LogP contribution in [0.1, 0.15) is 6.42 Å². The predicted molar refractivity (Wildman–Crippen MR) is 69.5 cm³/mol. The van der Waals surface area contributed by atoms with Gasteiger partial charge in [-0.15, -0.1) is 0 Å². The molecule has 0 radical (unpaired) electrons. The fourth-order valence-electron chi connectivity index (χ4n) is 2.53. The Bertz CT molecular complexity index is 602. The van der Waals surface area contributed by atoms with Gasteiger partial charge in [0.2, 0.25) is 0 Å². The second-order valence-corrected chi connectivity index (χ2v) is 4.84. The normalized spacial score (nSPS) is 20.8. The molecule has 5 heteroatoms. The summed E-state index contributed by atoms with van der Waals surface area (Å²) < 4.78 is 6.89. The van der Waals surface area contributed by atoms with Crippen molar-refractivity contribution in [3.63, 3.8) is 0 Å². The molecule has 2 N–H and O–H groups in total. The van der Waals surface area contributed by atoms with Gasteiger partial charge in [0.1, 0.15) is 0 Å². The van der Waals surface area contributed by atoms with E-state index in [1.54, 1.807) is 4.57 Å². The highest BCUT2D eigenvalue weighted by Crippen LogP contribution is 2.12. The standard InChI is InChI=1S/C13H17N3O2/c14-10-5-6-15(9-10)7-8-16-11-3-1-2-4-12(11)18-13(16)17/h1-4,10H,5-9,14H2/t10-/m1/s1. The van der Waals surface area contributed by atoms with Crippen LogP contribution in [0.3, 0.4) is 0 Å². The van der Waals surface area contributed by atoms with Gasteiger partial charge in [-0.2, -0.15) is 0 Å². The fourth-order valence-corrected chi connectivity index (χ4v) is 2.53. The van der Waals surface area contributed by atoms with Crippen molar-refractivity contribution in [3.8, 4) is 0 Å². The molecule has 0 saturated carbocycles. The molecular formula is C13H17N3O2. The topological polar surface area (TPSA) is 64.4 Å². The van der Waals surface area contributed by atoms with Crippen molar-refractivity contribution in [2.24, 2.45) is 5.73 Å². The van der Waals surface area contributed by atoms with Crippen molar-refractivity contribution < 1.29 is 4.42 Å². The van der Waals surface area contributed by atoms with E-state index in [0.717, 1.165) is 31.6 Å². The van der Waals surface area contributed by atoms with Gasteiger partial charge in [-0.3, -0.25) is 9.47 Å². The highest BCUT2D eigenvalue weighted by molar-refractivity contribution is 5.72. The number of rotatable bonds is 3. The largest absolute Gasteiger partial charge is 0.419 e. The number of hydrogen-bond donors (Lipinski definition) is 1. The summed E-state index contributed by atoms with van der Waals surface area (Å²) in [5, 5.41) is 0. The van der Waals surface area contributed by atoms with E-state index in [4.69, 9.17) is 10.2 Å². The van der Waals surface area contributed by atoms with Crippen LogP contribution in [-0.2, 0) is 6.54 Å². The number of fused-ring (bicyclic) bond motifs is 1. The molecular weight excluding hydrogens is 230 g/mol. The molecule has 0 aliphatic carbocycles. The molecule has 1 aromatic heterocycles. The van der Waals surface area contributed by atoms with E-state index in [1.165, 1.54) is 0 Å². The molecule has 2 aromatic rings. The van der Waals surface area contributed by atoms with Crippen molar-refractivity contribution in [2.75, 3.05) is 19.6 Å². The van der Waals surface area contributed by atoms with Crippen LogP contribution in [0, 0.1) is 0 Å². The molecule has 1 saturated heterocycles. The minimum Gasteiger partial charge on any atom is -0.408 e. The van der Waals surface area contributed by atoms with Gasteiger partial charge >= 0.3 is 5.76 Å².